The van der Waals surface area contributed by atoms with Crippen LogP contribution < -0.4 is 10.6 Å². The molecule has 1 aliphatic rings. The molecule has 0 radical (unpaired) electrons. The van der Waals surface area contributed by atoms with Crippen molar-refractivity contribution in [3.63, 3.8) is 0 Å². The normalized spacial score (nSPS) is 18.5. The van der Waals surface area contributed by atoms with Gasteiger partial charge in [-0.25, -0.2) is 4.39 Å². The van der Waals surface area contributed by atoms with Crippen LogP contribution in [0.5, 0.6) is 0 Å². The molecule has 0 spiro atoms. The van der Waals surface area contributed by atoms with E-state index in [4.69, 9.17) is 15.9 Å². The van der Waals surface area contributed by atoms with Gasteiger partial charge >= 0.3 is 0 Å². The zero-order valence-electron chi connectivity index (χ0n) is 11.2. The number of benzene rings is 1. The van der Waals surface area contributed by atoms with Crippen LogP contribution in [0, 0.1) is 11.2 Å². The largest absolute Gasteiger partial charge is 0.384 e. The summed E-state index contributed by atoms with van der Waals surface area (Å²) in [5, 5.41) is 7.58. The molecular weight excluding hydrogens is 245 g/mol. The van der Waals surface area contributed by atoms with Crippen molar-refractivity contribution in [2.24, 2.45) is 5.73 Å². The number of nitrogens with two attached hydrogens (primary N) is 1. The second kappa shape index (κ2) is 6.02. The molecule has 1 aromatic carbocycles. The Kier molecular flexibility index (Phi) is 4.37. The molecule has 104 valence electrons. The molecule has 0 bridgehead atoms. The average molecular weight is 265 g/mol. The molecule has 5 heteroatoms. The molecule has 4 nitrogen and oxygen atoms in total. The van der Waals surface area contributed by atoms with Crippen molar-refractivity contribution in [1.82, 2.24) is 0 Å². The summed E-state index contributed by atoms with van der Waals surface area (Å²) in [4.78, 5) is 2.09. The third kappa shape index (κ3) is 3.23. The molecule has 0 saturated carbocycles. The molecule has 0 aromatic heterocycles. The van der Waals surface area contributed by atoms with Crippen molar-refractivity contribution in [2.45, 2.75) is 25.9 Å². The molecule has 1 aliphatic heterocycles. The van der Waals surface area contributed by atoms with Crippen LogP contribution in [0.3, 0.4) is 0 Å². The zero-order chi connectivity index (χ0) is 13.8. The van der Waals surface area contributed by atoms with Crippen molar-refractivity contribution in [1.29, 1.82) is 5.41 Å². The molecule has 1 unspecified atom stereocenters. The highest BCUT2D eigenvalue weighted by atomic mass is 19.1. The Morgan fingerprint density at radius 1 is 1.58 bits per heavy atom. The van der Waals surface area contributed by atoms with Gasteiger partial charge in [0.15, 0.2) is 0 Å². The maximum atomic E-state index is 13.3. The van der Waals surface area contributed by atoms with Gasteiger partial charge in [-0.3, -0.25) is 5.41 Å². The molecule has 2 rings (SSSR count). The summed E-state index contributed by atoms with van der Waals surface area (Å²) in [7, 11) is 0. The van der Waals surface area contributed by atoms with Gasteiger partial charge in [0.2, 0.25) is 0 Å². The quantitative estimate of drug-likeness (QED) is 0.633. The van der Waals surface area contributed by atoms with Crippen molar-refractivity contribution in [3.8, 4) is 0 Å². The standard InChI is InChI=1S/C14H20FN3O/c1-2-18(9-11-4-3-7-19-11)13-6-5-10(15)8-12(13)14(16)17/h5-6,8,11H,2-4,7,9H2,1H3,(H3,16,17). The van der Waals surface area contributed by atoms with Gasteiger partial charge in [-0.1, -0.05) is 0 Å². The topological polar surface area (TPSA) is 62.3 Å². The Balaban J connectivity index is 2.23. The highest BCUT2D eigenvalue weighted by Gasteiger charge is 2.20. The van der Waals surface area contributed by atoms with Crippen LogP contribution >= 0.6 is 0 Å². The van der Waals surface area contributed by atoms with Crippen molar-refractivity contribution < 1.29 is 9.13 Å². The third-order valence-corrected chi connectivity index (χ3v) is 3.42. The van der Waals surface area contributed by atoms with Gasteiger partial charge in [0.25, 0.3) is 0 Å². The number of nitrogens with one attached hydrogen (secondary N) is 1. The molecular formula is C14H20FN3O. The number of likely N-dealkylation sites (N-methyl/N-ethyl adjacent to an activating group) is 1. The summed E-state index contributed by atoms with van der Waals surface area (Å²) in [5.74, 6) is -0.484. The van der Waals surface area contributed by atoms with E-state index in [9.17, 15) is 4.39 Å². The minimum atomic E-state index is -0.373. The highest BCUT2D eigenvalue weighted by Crippen LogP contribution is 2.23. The van der Waals surface area contributed by atoms with Gasteiger partial charge in [0.05, 0.1) is 6.10 Å². The van der Waals surface area contributed by atoms with E-state index in [-0.39, 0.29) is 17.8 Å². The first-order valence-corrected chi connectivity index (χ1v) is 6.62. The van der Waals surface area contributed by atoms with E-state index >= 15 is 0 Å². The summed E-state index contributed by atoms with van der Waals surface area (Å²) in [6.45, 7) is 4.36. The molecule has 1 heterocycles. The number of nitrogen functional groups attached to an aromatic ring is 1. The lowest BCUT2D eigenvalue weighted by atomic mass is 10.1. The number of halogens is 1. The maximum Gasteiger partial charge on any atom is 0.125 e. The van der Waals surface area contributed by atoms with E-state index in [1.54, 1.807) is 6.07 Å². The fourth-order valence-corrected chi connectivity index (χ4v) is 2.43. The smallest absolute Gasteiger partial charge is 0.125 e. The molecule has 1 atom stereocenters. The van der Waals surface area contributed by atoms with E-state index in [0.29, 0.717) is 5.56 Å². The summed E-state index contributed by atoms with van der Waals surface area (Å²) < 4.78 is 18.9. The van der Waals surface area contributed by atoms with Gasteiger partial charge in [-0.05, 0) is 38.0 Å². The Labute approximate surface area is 112 Å². The summed E-state index contributed by atoms with van der Waals surface area (Å²) in [6, 6.07) is 4.40. The lowest BCUT2D eigenvalue weighted by Gasteiger charge is -2.28. The lowest BCUT2D eigenvalue weighted by molar-refractivity contribution is 0.115. The van der Waals surface area contributed by atoms with Crippen molar-refractivity contribution >= 4 is 11.5 Å². The highest BCUT2D eigenvalue weighted by molar-refractivity contribution is 6.00. The first-order valence-electron chi connectivity index (χ1n) is 6.62. The first-order chi connectivity index (χ1) is 9.11. The molecule has 0 amide bonds. The summed E-state index contributed by atoms with van der Waals surface area (Å²) >= 11 is 0. The number of amidine groups is 1. The number of hydrogen-bond donors (Lipinski definition) is 2. The second-order valence-electron chi connectivity index (χ2n) is 4.75. The van der Waals surface area contributed by atoms with Crippen LogP contribution in [0.15, 0.2) is 18.2 Å². The Morgan fingerprint density at radius 2 is 2.37 bits per heavy atom. The Bertz CT molecular complexity index is 458. The maximum absolute atomic E-state index is 13.3. The van der Waals surface area contributed by atoms with Gasteiger partial charge in [0.1, 0.15) is 11.7 Å². The van der Waals surface area contributed by atoms with Gasteiger partial charge in [-0.15, -0.1) is 0 Å². The predicted octanol–water partition coefficient (Wildman–Crippen LogP) is 2.12. The first kappa shape index (κ1) is 13.8. The van der Waals surface area contributed by atoms with Crippen LogP contribution in [0.1, 0.15) is 25.3 Å². The second-order valence-corrected chi connectivity index (χ2v) is 4.75. The van der Waals surface area contributed by atoms with Crippen molar-refractivity contribution in [2.75, 3.05) is 24.6 Å². The zero-order valence-corrected chi connectivity index (χ0v) is 11.2. The molecule has 1 saturated heterocycles. The van der Waals surface area contributed by atoms with Crippen molar-refractivity contribution in [3.05, 3.63) is 29.6 Å². The number of anilines is 1. The van der Waals surface area contributed by atoms with Crippen LogP contribution in [0.2, 0.25) is 0 Å². The summed E-state index contributed by atoms with van der Waals surface area (Å²) in [6.07, 6.45) is 2.35. The SMILES string of the molecule is CCN(CC1CCCO1)c1ccc(F)cc1C(=N)N. The third-order valence-electron chi connectivity index (χ3n) is 3.42. The van der Waals surface area contributed by atoms with E-state index in [1.165, 1.54) is 12.1 Å². The molecule has 1 fully saturated rings. The van der Waals surface area contributed by atoms with Crippen LogP contribution in [-0.2, 0) is 4.74 Å². The number of hydrogen-bond acceptors (Lipinski definition) is 3. The minimum absolute atomic E-state index is 0.111. The fourth-order valence-electron chi connectivity index (χ4n) is 2.43. The van der Waals surface area contributed by atoms with Crippen LogP contribution in [0.4, 0.5) is 10.1 Å². The average Bonchev–Trinajstić information content (AvgIpc) is 2.89. The molecule has 19 heavy (non-hydrogen) atoms. The van der Waals surface area contributed by atoms with Gasteiger partial charge < -0.3 is 15.4 Å². The van der Waals surface area contributed by atoms with E-state index < -0.39 is 0 Å². The minimum Gasteiger partial charge on any atom is -0.384 e. The molecule has 3 N–H and O–H groups in total. The van der Waals surface area contributed by atoms with Crippen LogP contribution in [-0.4, -0.2) is 31.6 Å². The predicted molar refractivity (Wildman–Crippen MR) is 74.3 cm³/mol. The Morgan fingerprint density at radius 3 is 2.95 bits per heavy atom. The van der Waals surface area contributed by atoms with Gasteiger partial charge in [0, 0.05) is 30.9 Å². The lowest BCUT2D eigenvalue weighted by Crippen LogP contribution is -2.33. The van der Waals surface area contributed by atoms with Crippen LogP contribution in [0.25, 0.3) is 0 Å². The fraction of sp³-hybridized carbons (Fsp3) is 0.500. The summed E-state index contributed by atoms with van der Waals surface area (Å²) in [5.41, 5.74) is 6.79. The number of nitrogens with zero attached hydrogens (tertiary/aromatic N) is 1. The number of rotatable bonds is 5. The van der Waals surface area contributed by atoms with E-state index in [1.807, 2.05) is 6.92 Å². The molecule has 1 aromatic rings. The number of ether oxygens (including phenoxy) is 1. The van der Waals surface area contributed by atoms with Gasteiger partial charge in [-0.2, -0.15) is 0 Å². The van der Waals surface area contributed by atoms with E-state index in [2.05, 4.69) is 4.90 Å². The monoisotopic (exact) mass is 265 g/mol. The van der Waals surface area contributed by atoms with E-state index in [0.717, 1.165) is 38.2 Å². The molecule has 0 aliphatic carbocycles. The Hall–Kier alpha value is -1.62.